The van der Waals surface area contributed by atoms with Crippen molar-refractivity contribution in [3.63, 3.8) is 0 Å². The molecule has 0 aliphatic heterocycles. The number of esters is 1. The maximum Gasteiger partial charge on any atom is 0.337 e. The third-order valence-corrected chi connectivity index (χ3v) is 5.07. The van der Waals surface area contributed by atoms with Crippen molar-refractivity contribution in [3.8, 4) is 0 Å². The lowest BCUT2D eigenvalue weighted by Crippen LogP contribution is -2.21. The van der Waals surface area contributed by atoms with Gasteiger partial charge in [-0.25, -0.2) is 14.8 Å². The van der Waals surface area contributed by atoms with E-state index in [1.807, 2.05) is 12.3 Å². The first-order valence-electron chi connectivity index (χ1n) is 8.52. The number of anilines is 1. The molecule has 0 unspecified atom stereocenters. The highest BCUT2D eigenvalue weighted by Crippen LogP contribution is 2.29. The van der Waals surface area contributed by atoms with Gasteiger partial charge in [-0.2, -0.15) is 0 Å². The summed E-state index contributed by atoms with van der Waals surface area (Å²) in [5.74, 6) is -0.348. The van der Waals surface area contributed by atoms with E-state index in [4.69, 9.17) is 4.74 Å². The number of aliphatic imine (C=N–C) groups is 1. The molecule has 0 fully saturated rings. The second kappa shape index (κ2) is 8.10. The molecule has 1 heterocycles. The highest BCUT2D eigenvalue weighted by molar-refractivity contribution is 7.22. The summed E-state index contributed by atoms with van der Waals surface area (Å²) in [5.41, 5.74) is 3.58. The Labute approximate surface area is 157 Å². The lowest BCUT2D eigenvalue weighted by atomic mass is 10.2. The fourth-order valence-electron chi connectivity index (χ4n) is 2.70. The molecule has 0 radical (unpaired) electrons. The number of hydrogen-bond donors (Lipinski definition) is 0. The Morgan fingerprint density at radius 3 is 2.58 bits per heavy atom. The summed E-state index contributed by atoms with van der Waals surface area (Å²) in [7, 11) is 1.38. The first-order valence-corrected chi connectivity index (χ1v) is 9.34. The largest absolute Gasteiger partial charge is 0.465 e. The van der Waals surface area contributed by atoms with Crippen LogP contribution in [0.5, 0.6) is 0 Å². The van der Waals surface area contributed by atoms with Gasteiger partial charge < -0.3 is 9.64 Å². The van der Waals surface area contributed by atoms with Crippen LogP contribution in [0.4, 0.5) is 10.8 Å². The zero-order valence-corrected chi connectivity index (χ0v) is 15.9. The summed E-state index contributed by atoms with van der Waals surface area (Å²) >= 11 is 1.45. The number of carbonyl (C=O) groups is 1. The van der Waals surface area contributed by atoms with E-state index in [1.54, 1.807) is 12.1 Å². The number of benzene rings is 2. The Morgan fingerprint density at radius 2 is 1.92 bits per heavy atom. The Morgan fingerprint density at radius 1 is 1.19 bits per heavy atom. The van der Waals surface area contributed by atoms with Crippen molar-refractivity contribution in [1.29, 1.82) is 0 Å². The lowest BCUT2D eigenvalue weighted by Gasteiger charge is -2.20. The lowest BCUT2D eigenvalue weighted by molar-refractivity contribution is 0.0601. The second-order valence-electron chi connectivity index (χ2n) is 5.69. The predicted molar refractivity (Wildman–Crippen MR) is 108 cm³/mol. The van der Waals surface area contributed by atoms with Crippen molar-refractivity contribution >= 4 is 44.6 Å². The summed E-state index contributed by atoms with van der Waals surface area (Å²) in [6.07, 6.45) is 1.81. The Kier molecular flexibility index (Phi) is 5.63. The Bertz CT molecular complexity index is 928. The van der Waals surface area contributed by atoms with Gasteiger partial charge in [0.25, 0.3) is 0 Å². The molecule has 26 heavy (non-hydrogen) atoms. The van der Waals surface area contributed by atoms with Gasteiger partial charge in [0.1, 0.15) is 0 Å². The minimum atomic E-state index is -0.348. The van der Waals surface area contributed by atoms with E-state index < -0.39 is 0 Å². The zero-order valence-electron chi connectivity index (χ0n) is 15.1. The van der Waals surface area contributed by atoms with Crippen molar-refractivity contribution in [2.24, 2.45) is 4.99 Å². The molecule has 0 spiro atoms. The molecule has 6 heteroatoms. The highest BCUT2D eigenvalue weighted by atomic mass is 32.1. The van der Waals surface area contributed by atoms with E-state index in [1.165, 1.54) is 24.1 Å². The number of thiazole rings is 1. The van der Waals surface area contributed by atoms with Crippen molar-refractivity contribution in [1.82, 2.24) is 4.98 Å². The monoisotopic (exact) mass is 367 g/mol. The van der Waals surface area contributed by atoms with E-state index in [0.717, 1.165) is 28.9 Å². The Hall–Kier alpha value is -2.73. The molecule has 0 atom stereocenters. The number of carbonyl (C=O) groups excluding carboxylic acids is 1. The standard InChI is InChI=1S/C20H21N3O2S/c1-4-23(5-2)16-9-6-14(7-10-16)13-21-20-22-17-11-8-15(19(24)25-3)12-18(17)26-20/h6-13H,4-5H2,1-3H3/b21-13+. The number of methoxy groups -OCH3 is 1. The quantitative estimate of drug-likeness (QED) is 0.469. The normalized spacial score (nSPS) is 11.2. The molecular formula is C20H21N3O2S. The minimum absolute atomic E-state index is 0.348. The predicted octanol–water partition coefficient (Wildman–Crippen LogP) is 4.68. The van der Waals surface area contributed by atoms with E-state index in [0.29, 0.717) is 10.7 Å². The molecule has 0 N–H and O–H groups in total. The average molecular weight is 367 g/mol. The van der Waals surface area contributed by atoms with E-state index in [2.05, 4.69) is 53.0 Å². The molecule has 0 saturated carbocycles. The maximum atomic E-state index is 11.6. The SMILES string of the molecule is CCN(CC)c1ccc(/C=N/c2nc3ccc(C(=O)OC)cc3s2)cc1. The number of nitrogens with zero attached hydrogens (tertiary/aromatic N) is 3. The van der Waals surface area contributed by atoms with Crippen molar-refractivity contribution in [2.75, 3.05) is 25.1 Å². The first kappa shape index (κ1) is 18.1. The highest BCUT2D eigenvalue weighted by Gasteiger charge is 2.09. The molecule has 3 rings (SSSR count). The molecular weight excluding hydrogens is 346 g/mol. The van der Waals surface area contributed by atoms with Gasteiger partial charge in [-0.05, 0) is 49.7 Å². The van der Waals surface area contributed by atoms with E-state index in [-0.39, 0.29) is 5.97 Å². The van der Waals surface area contributed by atoms with Crippen molar-refractivity contribution in [3.05, 3.63) is 53.6 Å². The van der Waals surface area contributed by atoms with Gasteiger partial charge in [-0.3, -0.25) is 0 Å². The zero-order chi connectivity index (χ0) is 18.5. The molecule has 134 valence electrons. The van der Waals surface area contributed by atoms with Gasteiger partial charge in [0.05, 0.1) is 22.9 Å². The second-order valence-corrected chi connectivity index (χ2v) is 6.70. The smallest absolute Gasteiger partial charge is 0.337 e. The molecule has 0 aliphatic rings. The van der Waals surface area contributed by atoms with Gasteiger partial charge >= 0.3 is 5.97 Å². The first-order chi connectivity index (χ1) is 12.6. The van der Waals surface area contributed by atoms with E-state index in [9.17, 15) is 4.79 Å². The number of rotatable bonds is 6. The Balaban J connectivity index is 1.78. The molecule has 0 saturated heterocycles. The molecule has 1 aromatic heterocycles. The summed E-state index contributed by atoms with van der Waals surface area (Å²) < 4.78 is 5.67. The van der Waals surface area contributed by atoms with Crippen LogP contribution in [0.3, 0.4) is 0 Å². The van der Waals surface area contributed by atoms with Crippen LogP contribution in [0.2, 0.25) is 0 Å². The topological polar surface area (TPSA) is 54.8 Å². The third kappa shape index (κ3) is 3.91. The maximum absolute atomic E-state index is 11.6. The number of ether oxygens (including phenoxy) is 1. The molecule has 0 bridgehead atoms. The molecule has 3 aromatic rings. The summed E-state index contributed by atoms with van der Waals surface area (Å²) in [5, 5.41) is 0.662. The van der Waals surface area contributed by atoms with Gasteiger partial charge in [0.2, 0.25) is 5.13 Å². The van der Waals surface area contributed by atoms with Crippen LogP contribution < -0.4 is 4.90 Å². The fourth-order valence-corrected chi connectivity index (χ4v) is 3.55. The van der Waals surface area contributed by atoms with Gasteiger partial charge in [0, 0.05) is 25.0 Å². The fraction of sp³-hybridized carbons (Fsp3) is 0.250. The number of aromatic nitrogens is 1. The molecule has 0 aliphatic carbocycles. The molecule has 5 nitrogen and oxygen atoms in total. The van der Waals surface area contributed by atoms with Crippen molar-refractivity contribution < 1.29 is 9.53 Å². The average Bonchev–Trinajstić information content (AvgIpc) is 3.09. The number of fused-ring (bicyclic) bond motifs is 1. The summed E-state index contributed by atoms with van der Waals surface area (Å²) in [6.45, 7) is 6.28. The van der Waals surface area contributed by atoms with Crippen LogP contribution in [0.15, 0.2) is 47.5 Å². The third-order valence-electron chi connectivity index (χ3n) is 4.14. The minimum Gasteiger partial charge on any atom is -0.465 e. The molecule has 2 aromatic carbocycles. The molecule has 0 amide bonds. The van der Waals surface area contributed by atoms with Crippen LogP contribution in [0.1, 0.15) is 29.8 Å². The summed E-state index contributed by atoms with van der Waals surface area (Å²) in [6, 6.07) is 13.6. The van der Waals surface area contributed by atoms with Gasteiger partial charge in [0.15, 0.2) is 0 Å². The summed E-state index contributed by atoms with van der Waals surface area (Å²) in [4.78, 5) is 22.9. The van der Waals surface area contributed by atoms with Crippen LogP contribution in [0.25, 0.3) is 10.2 Å². The van der Waals surface area contributed by atoms with Crippen LogP contribution in [0, 0.1) is 0 Å². The van der Waals surface area contributed by atoms with Crippen LogP contribution in [-0.2, 0) is 4.74 Å². The number of hydrogen-bond acceptors (Lipinski definition) is 6. The van der Waals surface area contributed by atoms with Crippen LogP contribution in [-0.4, -0.2) is 37.4 Å². The van der Waals surface area contributed by atoms with E-state index >= 15 is 0 Å². The van der Waals surface area contributed by atoms with Gasteiger partial charge in [-0.1, -0.05) is 23.5 Å². The van der Waals surface area contributed by atoms with Gasteiger partial charge in [-0.15, -0.1) is 0 Å². The van der Waals surface area contributed by atoms with Crippen molar-refractivity contribution in [2.45, 2.75) is 13.8 Å². The van der Waals surface area contributed by atoms with Crippen LogP contribution >= 0.6 is 11.3 Å².